The van der Waals surface area contributed by atoms with E-state index in [-0.39, 0.29) is 5.97 Å². The Morgan fingerprint density at radius 3 is 2.48 bits per heavy atom. The van der Waals surface area contributed by atoms with Crippen LogP contribution in [0.4, 0.5) is 5.69 Å². The molecule has 4 aliphatic rings. The number of benzene rings is 1. The average molecular weight is 412 g/mol. The third-order valence-electron chi connectivity index (χ3n) is 6.31. The van der Waals surface area contributed by atoms with E-state index in [1.54, 1.807) is 19.1 Å². The molecular formula is C20H23Cl2NO4. The van der Waals surface area contributed by atoms with Crippen molar-refractivity contribution >= 4 is 40.8 Å². The molecule has 2 unspecified atom stereocenters. The molecule has 1 amide bonds. The molecule has 0 aromatic heterocycles. The van der Waals surface area contributed by atoms with E-state index in [1.165, 1.54) is 6.07 Å². The SMILES string of the molecule is C[C@@H](OC(=O)C12C[C@@H]3C[C@@H](CC(O)(C3)C1)C2)C(=O)Nc1ccc(Cl)cc1Cl. The van der Waals surface area contributed by atoms with Gasteiger partial charge in [-0.05, 0) is 75.5 Å². The van der Waals surface area contributed by atoms with E-state index in [1.807, 2.05) is 0 Å². The highest BCUT2D eigenvalue weighted by Crippen LogP contribution is 2.62. The summed E-state index contributed by atoms with van der Waals surface area (Å²) in [4.78, 5) is 25.4. The Bertz CT molecular complexity index is 782. The number of carbonyl (C=O) groups is 2. The molecule has 5 nitrogen and oxygen atoms in total. The van der Waals surface area contributed by atoms with Gasteiger partial charge in [-0.25, -0.2) is 0 Å². The minimum absolute atomic E-state index is 0.317. The van der Waals surface area contributed by atoms with Crippen LogP contribution in [-0.4, -0.2) is 28.7 Å². The van der Waals surface area contributed by atoms with Crippen LogP contribution in [0.5, 0.6) is 0 Å². The molecule has 7 heteroatoms. The molecule has 2 N–H and O–H groups in total. The van der Waals surface area contributed by atoms with Gasteiger partial charge in [0.05, 0.1) is 21.7 Å². The van der Waals surface area contributed by atoms with Crippen molar-refractivity contribution in [2.45, 2.75) is 57.2 Å². The maximum atomic E-state index is 13.0. The number of halogens is 2. The van der Waals surface area contributed by atoms with Crippen molar-refractivity contribution in [2.24, 2.45) is 17.3 Å². The number of esters is 1. The van der Waals surface area contributed by atoms with Gasteiger partial charge in [-0.2, -0.15) is 0 Å². The Hall–Kier alpha value is -1.30. The highest BCUT2D eigenvalue weighted by atomic mass is 35.5. The first-order valence-corrected chi connectivity index (χ1v) is 10.1. The molecule has 4 fully saturated rings. The summed E-state index contributed by atoms with van der Waals surface area (Å²) in [6, 6.07) is 4.76. The Balaban J connectivity index is 1.42. The zero-order chi connectivity index (χ0) is 19.4. The normalized spacial score (nSPS) is 35.0. The van der Waals surface area contributed by atoms with Gasteiger partial charge in [0, 0.05) is 5.02 Å². The molecule has 146 valence electrons. The molecule has 0 saturated heterocycles. The monoisotopic (exact) mass is 411 g/mol. The number of amides is 1. The van der Waals surface area contributed by atoms with Crippen molar-refractivity contribution in [2.75, 3.05) is 5.32 Å². The number of carbonyl (C=O) groups excluding carboxylic acids is 2. The van der Waals surface area contributed by atoms with Crippen LogP contribution in [0.2, 0.25) is 10.0 Å². The lowest BCUT2D eigenvalue weighted by atomic mass is 9.48. The van der Waals surface area contributed by atoms with Gasteiger partial charge < -0.3 is 15.2 Å². The lowest BCUT2D eigenvalue weighted by Gasteiger charge is -2.58. The third kappa shape index (κ3) is 3.57. The standard InChI is InChI=1S/C20H23Cl2NO4/c1-11(17(24)23-16-3-2-14(21)5-15(16)22)27-18(25)19-6-12-4-13(7-19)9-20(26,8-12)10-19/h2-3,5,11-13,26H,4,6-10H2,1H3,(H,23,24)/t11-,12-,13+,19?,20?/m1/s1. The molecule has 27 heavy (non-hydrogen) atoms. The van der Waals surface area contributed by atoms with Gasteiger partial charge in [0.15, 0.2) is 6.10 Å². The lowest BCUT2D eigenvalue weighted by molar-refractivity contribution is -0.199. The smallest absolute Gasteiger partial charge is 0.312 e. The molecule has 4 aliphatic carbocycles. The van der Waals surface area contributed by atoms with E-state index >= 15 is 0 Å². The first-order valence-electron chi connectivity index (χ1n) is 9.37. The van der Waals surface area contributed by atoms with Crippen molar-refractivity contribution in [3.05, 3.63) is 28.2 Å². The van der Waals surface area contributed by atoms with E-state index in [2.05, 4.69) is 5.32 Å². The lowest BCUT2D eigenvalue weighted by Crippen LogP contribution is -2.59. The Kier molecular flexibility index (Phi) is 4.68. The van der Waals surface area contributed by atoms with Gasteiger partial charge in [-0.15, -0.1) is 0 Å². The first-order chi connectivity index (χ1) is 12.7. The summed E-state index contributed by atoms with van der Waals surface area (Å²) in [7, 11) is 0. The van der Waals surface area contributed by atoms with Gasteiger partial charge in [-0.1, -0.05) is 23.2 Å². The number of ether oxygens (including phenoxy) is 1. The van der Waals surface area contributed by atoms with Crippen LogP contribution in [0.1, 0.15) is 45.4 Å². The fraction of sp³-hybridized carbons (Fsp3) is 0.600. The summed E-state index contributed by atoms with van der Waals surface area (Å²) in [6.07, 6.45) is 3.65. The summed E-state index contributed by atoms with van der Waals surface area (Å²) >= 11 is 11.9. The number of nitrogens with one attached hydrogen (secondary N) is 1. The fourth-order valence-electron chi connectivity index (χ4n) is 5.62. The number of hydrogen-bond acceptors (Lipinski definition) is 4. The first kappa shape index (κ1) is 19.0. The number of hydrogen-bond donors (Lipinski definition) is 2. The number of anilines is 1. The summed E-state index contributed by atoms with van der Waals surface area (Å²) in [5.41, 5.74) is -0.977. The highest BCUT2D eigenvalue weighted by Gasteiger charge is 2.61. The molecule has 0 radical (unpaired) electrons. The Labute approximate surface area is 168 Å². The predicted octanol–water partition coefficient (Wildman–Crippen LogP) is 4.19. The second kappa shape index (κ2) is 6.64. The molecular weight excluding hydrogens is 389 g/mol. The van der Waals surface area contributed by atoms with E-state index < -0.39 is 23.0 Å². The van der Waals surface area contributed by atoms with Gasteiger partial charge in [0.1, 0.15) is 0 Å². The van der Waals surface area contributed by atoms with Crippen LogP contribution >= 0.6 is 23.2 Å². The van der Waals surface area contributed by atoms with Crippen molar-refractivity contribution < 1.29 is 19.4 Å². The van der Waals surface area contributed by atoms with Crippen LogP contribution < -0.4 is 5.32 Å². The van der Waals surface area contributed by atoms with Gasteiger partial charge in [-0.3, -0.25) is 9.59 Å². The minimum atomic E-state index is -0.952. The topological polar surface area (TPSA) is 75.6 Å². The zero-order valence-electron chi connectivity index (χ0n) is 15.1. The maximum absolute atomic E-state index is 13.0. The van der Waals surface area contributed by atoms with Crippen molar-refractivity contribution in [3.8, 4) is 0 Å². The zero-order valence-corrected chi connectivity index (χ0v) is 16.6. The average Bonchev–Trinajstić information content (AvgIpc) is 2.55. The molecule has 4 saturated carbocycles. The van der Waals surface area contributed by atoms with Gasteiger partial charge in [0.25, 0.3) is 5.91 Å². The molecule has 0 aliphatic heterocycles. The van der Waals surface area contributed by atoms with Gasteiger partial charge in [0.2, 0.25) is 0 Å². The summed E-state index contributed by atoms with van der Waals surface area (Å²) in [5.74, 6) is -0.0579. The van der Waals surface area contributed by atoms with Crippen LogP contribution in [-0.2, 0) is 14.3 Å². The summed E-state index contributed by atoms with van der Waals surface area (Å²) in [6.45, 7) is 1.55. The van der Waals surface area contributed by atoms with Gasteiger partial charge >= 0.3 is 5.97 Å². The van der Waals surface area contributed by atoms with E-state index in [0.29, 0.717) is 34.0 Å². The van der Waals surface area contributed by atoms with E-state index in [0.717, 1.165) is 32.1 Å². The minimum Gasteiger partial charge on any atom is -0.452 e. The van der Waals surface area contributed by atoms with Crippen LogP contribution in [0.3, 0.4) is 0 Å². The van der Waals surface area contributed by atoms with Crippen LogP contribution in [0.15, 0.2) is 18.2 Å². The molecule has 1 aromatic carbocycles. The maximum Gasteiger partial charge on any atom is 0.312 e. The molecule has 0 heterocycles. The van der Waals surface area contributed by atoms with Crippen LogP contribution in [0, 0.1) is 17.3 Å². The largest absolute Gasteiger partial charge is 0.452 e. The fourth-order valence-corrected chi connectivity index (χ4v) is 6.07. The van der Waals surface area contributed by atoms with E-state index in [9.17, 15) is 14.7 Å². The van der Waals surface area contributed by atoms with Crippen molar-refractivity contribution in [3.63, 3.8) is 0 Å². The third-order valence-corrected chi connectivity index (χ3v) is 6.85. The number of rotatable bonds is 4. The summed E-state index contributed by atoms with van der Waals surface area (Å²) in [5, 5.41) is 14.2. The van der Waals surface area contributed by atoms with Crippen molar-refractivity contribution in [1.29, 1.82) is 0 Å². The quantitative estimate of drug-likeness (QED) is 0.727. The summed E-state index contributed by atoms with van der Waals surface area (Å²) < 4.78 is 5.55. The second-order valence-corrected chi connectivity index (χ2v) is 9.47. The molecule has 0 spiro atoms. The second-order valence-electron chi connectivity index (χ2n) is 8.63. The Morgan fingerprint density at radius 2 is 1.89 bits per heavy atom. The van der Waals surface area contributed by atoms with E-state index in [4.69, 9.17) is 27.9 Å². The highest BCUT2D eigenvalue weighted by molar-refractivity contribution is 6.36. The Morgan fingerprint density at radius 1 is 1.22 bits per heavy atom. The predicted molar refractivity (Wildman–Crippen MR) is 103 cm³/mol. The number of aliphatic hydroxyl groups is 1. The van der Waals surface area contributed by atoms with Crippen LogP contribution in [0.25, 0.3) is 0 Å². The van der Waals surface area contributed by atoms with Crippen molar-refractivity contribution in [1.82, 2.24) is 0 Å². The molecule has 4 bridgehead atoms. The molecule has 5 rings (SSSR count). The molecule has 1 aromatic rings. The molecule has 5 atom stereocenters.